The first-order valence-corrected chi connectivity index (χ1v) is 6.32. The first kappa shape index (κ1) is 12.5. The second kappa shape index (κ2) is 4.70. The number of ether oxygens (including phenoxy) is 1. The zero-order valence-corrected chi connectivity index (χ0v) is 11.7. The molecule has 1 N–H and O–H groups in total. The highest BCUT2D eigenvalue weighted by molar-refractivity contribution is 9.10. The third-order valence-electron chi connectivity index (χ3n) is 2.59. The van der Waals surface area contributed by atoms with E-state index < -0.39 is 0 Å². The van der Waals surface area contributed by atoms with Crippen molar-refractivity contribution < 1.29 is 14.3 Å². The monoisotopic (exact) mass is 298 g/mol. The largest absolute Gasteiger partial charge is 0.489 e. The number of benzene rings is 1. The summed E-state index contributed by atoms with van der Waals surface area (Å²) in [5, 5.41) is 10.1. The maximum Gasteiger partial charge on any atom is 0.145 e. The SMILES string of the molecule is Cc1c(CO)oc2ccc(Br)c(OC(C)C)c12. The van der Waals surface area contributed by atoms with E-state index in [9.17, 15) is 5.11 Å². The summed E-state index contributed by atoms with van der Waals surface area (Å²) in [5.74, 6) is 1.37. The summed E-state index contributed by atoms with van der Waals surface area (Å²) in [4.78, 5) is 0. The van der Waals surface area contributed by atoms with Gasteiger partial charge >= 0.3 is 0 Å². The van der Waals surface area contributed by atoms with Gasteiger partial charge < -0.3 is 14.3 Å². The van der Waals surface area contributed by atoms with E-state index in [1.54, 1.807) is 0 Å². The summed E-state index contributed by atoms with van der Waals surface area (Å²) in [6, 6.07) is 3.77. The molecule has 0 atom stereocenters. The smallest absolute Gasteiger partial charge is 0.145 e. The van der Waals surface area contributed by atoms with Crippen molar-refractivity contribution in [3.8, 4) is 5.75 Å². The second-order valence-corrected chi connectivity index (χ2v) is 5.08. The molecule has 0 radical (unpaired) electrons. The van der Waals surface area contributed by atoms with Crippen molar-refractivity contribution >= 4 is 26.9 Å². The molecule has 2 rings (SSSR count). The van der Waals surface area contributed by atoms with Gasteiger partial charge in [0, 0.05) is 5.56 Å². The van der Waals surface area contributed by atoms with E-state index >= 15 is 0 Å². The molecule has 0 bridgehead atoms. The van der Waals surface area contributed by atoms with Crippen molar-refractivity contribution in [1.29, 1.82) is 0 Å². The number of fused-ring (bicyclic) bond motifs is 1. The third kappa shape index (κ3) is 2.19. The molecular formula is C13H15BrO3. The number of aliphatic hydroxyl groups is 1. The zero-order valence-electron chi connectivity index (χ0n) is 10.1. The molecule has 1 aromatic heterocycles. The molecule has 17 heavy (non-hydrogen) atoms. The minimum atomic E-state index is -0.0980. The number of rotatable bonds is 3. The van der Waals surface area contributed by atoms with E-state index in [2.05, 4.69) is 15.9 Å². The Hall–Kier alpha value is -1.00. The molecule has 3 nitrogen and oxygen atoms in total. The van der Waals surface area contributed by atoms with Gasteiger partial charge in [-0.15, -0.1) is 0 Å². The van der Waals surface area contributed by atoms with Crippen molar-refractivity contribution in [3.63, 3.8) is 0 Å². The summed E-state index contributed by atoms with van der Waals surface area (Å²) in [5.41, 5.74) is 1.67. The van der Waals surface area contributed by atoms with Gasteiger partial charge in [-0.2, -0.15) is 0 Å². The number of furan rings is 1. The fraction of sp³-hybridized carbons (Fsp3) is 0.385. The molecule has 0 saturated carbocycles. The van der Waals surface area contributed by atoms with E-state index in [0.717, 1.165) is 26.8 Å². The standard InChI is InChI=1S/C13H15BrO3/c1-7(2)16-13-9(14)4-5-10-12(13)8(3)11(6-15)17-10/h4-5,7,15H,6H2,1-3H3. The molecule has 0 spiro atoms. The van der Waals surface area contributed by atoms with Crippen molar-refractivity contribution in [2.45, 2.75) is 33.5 Å². The third-order valence-corrected chi connectivity index (χ3v) is 3.22. The summed E-state index contributed by atoms with van der Waals surface area (Å²) in [7, 11) is 0. The van der Waals surface area contributed by atoms with Crippen LogP contribution in [0.4, 0.5) is 0 Å². The Bertz CT molecular complexity index is 543. The van der Waals surface area contributed by atoms with Crippen LogP contribution in [-0.2, 0) is 6.61 Å². The fourth-order valence-corrected chi connectivity index (χ4v) is 2.25. The van der Waals surface area contributed by atoms with Crippen LogP contribution < -0.4 is 4.74 Å². The predicted octanol–water partition coefficient (Wildman–Crippen LogP) is 3.78. The van der Waals surface area contributed by atoms with Gasteiger partial charge in [0.2, 0.25) is 0 Å². The normalized spacial score (nSPS) is 11.4. The molecule has 0 aliphatic heterocycles. The second-order valence-electron chi connectivity index (χ2n) is 4.22. The van der Waals surface area contributed by atoms with Gasteiger partial charge in [0.05, 0.1) is 16.0 Å². The van der Waals surface area contributed by atoms with Gasteiger partial charge in [0.15, 0.2) is 0 Å². The summed E-state index contributed by atoms with van der Waals surface area (Å²) in [6.07, 6.45) is 0.0868. The van der Waals surface area contributed by atoms with Crippen molar-refractivity contribution in [3.05, 3.63) is 27.9 Å². The Morgan fingerprint density at radius 2 is 2.12 bits per heavy atom. The molecule has 4 heteroatoms. The van der Waals surface area contributed by atoms with Crippen molar-refractivity contribution in [2.75, 3.05) is 0 Å². The average Bonchev–Trinajstić information content (AvgIpc) is 2.59. The van der Waals surface area contributed by atoms with Crippen LogP contribution in [0.1, 0.15) is 25.2 Å². The molecule has 0 unspecified atom stereocenters. The number of aryl methyl sites for hydroxylation is 1. The number of aliphatic hydroxyl groups excluding tert-OH is 1. The van der Waals surface area contributed by atoms with E-state index in [4.69, 9.17) is 9.15 Å². The summed E-state index contributed by atoms with van der Waals surface area (Å²) in [6.45, 7) is 5.79. The minimum Gasteiger partial charge on any atom is -0.489 e. The van der Waals surface area contributed by atoms with Crippen LogP contribution in [0.5, 0.6) is 5.75 Å². The molecule has 1 heterocycles. The highest BCUT2D eigenvalue weighted by Crippen LogP contribution is 2.39. The van der Waals surface area contributed by atoms with Crippen LogP contribution in [0.15, 0.2) is 21.0 Å². The van der Waals surface area contributed by atoms with E-state index in [1.807, 2.05) is 32.9 Å². The van der Waals surface area contributed by atoms with Crippen LogP contribution in [0.25, 0.3) is 11.0 Å². The summed E-state index contributed by atoms with van der Waals surface area (Å²) >= 11 is 3.48. The highest BCUT2D eigenvalue weighted by atomic mass is 79.9. The quantitative estimate of drug-likeness (QED) is 0.937. The predicted molar refractivity (Wildman–Crippen MR) is 70.3 cm³/mol. The Labute approximate surface area is 109 Å². The summed E-state index contributed by atoms with van der Waals surface area (Å²) < 4.78 is 12.3. The Kier molecular flexibility index (Phi) is 3.45. The van der Waals surface area contributed by atoms with Gasteiger partial charge in [-0.25, -0.2) is 0 Å². The van der Waals surface area contributed by atoms with E-state index in [1.165, 1.54) is 0 Å². The van der Waals surface area contributed by atoms with Gasteiger partial charge in [-0.3, -0.25) is 0 Å². The molecule has 0 fully saturated rings. The number of hydrogen-bond acceptors (Lipinski definition) is 3. The topological polar surface area (TPSA) is 42.6 Å². The molecule has 1 aromatic carbocycles. The molecule has 0 amide bonds. The lowest BCUT2D eigenvalue weighted by Crippen LogP contribution is -2.06. The molecule has 0 aliphatic carbocycles. The number of halogens is 1. The maximum atomic E-state index is 9.22. The lowest BCUT2D eigenvalue weighted by Gasteiger charge is -2.12. The number of hydrogen-bond donors (Lipinski definition) is 1. The molecule has 0 aliphatic rings. The maximum absolute atomic E-state index is 9.22. The Morgan fingerprint density at radius 3 is 2.71 bits per heavy atom. The van der Waals surface area contributed by atoms with Crippen molar-refractivity contribution in [2.24, 2.45) is 0 Å². The van der Waals surface area contributed by atoms with E-state index in [-0.39, 0.29) is 12.7 Å². The Balaban J connectivity index is 2.70. The van der Waals surface area contributed by atoms with Gasteiger partial charge in [0.25, 0.3) is 0 Å². The Morgan fingerprint density at radius 1 is 1.41 bits per heavy atom. The van der Waals surface area contributed by atoms with Crippen molar-refractivity contribution in [1.82, 2.24) is 0 Å². The van der Waals surface area contributed by atoms with Crippen LogP contribution in [-0.4, -0.2) is 11.2 Å². The minimum absolute atomic E-state index is 0.0868. The van der Waals surface area contributed by atoms with Crippen LogP contribution >= 0.6 is 15.9 Å². The zero-order chi connectivity index (χ0) is 12.6. The molecule has 92 valence electrons. The van der Waals surface area contributed by atoms with Crippen LogP contribution in [0.3, 0.4) is 0 Å². The first-order chi connectivity index (χ1) is 8.04. The molecule has 2 aromatic rings. The first-order valence-electron chi connectivity index (χ1n) is 5.52. The fourth-order valence-electron chi connectivity index (χ4n) is 1.83. The van der Waals surface area contributed by atoms with Crippen LogP contribution in [0.2, 0.25) is 0 Å². The van der Waals surface area contributed by atoms with Gasteiger partial charge in [-0.1, -0.05) is 0 Å². The average molecular weight is 299 g/mol. The lowest BCUT2D eigenvalue weighted by atomic mass is 10.1. The lowest BCUT2D eigenvalue weighted by molar-refractivity contribution is 0.244. The van der Waals surface area contributed by atoms with Gasteiger partial charge in [0.1, 0.15) is 23.7 Å². The molecule has 0 saturated heterocycles. The van der Waals surface area contributed by atoms with Gasteiger partial charge in [-0.05, 0) is 48.8 Å². The van der Waals surface area contributed by atoms with Crippen LogP contribution in [0, 0.1) is 6.92 Å². The van der Waals surface area contributed by atoms with E-state index in [0.29, 0.717) is 5.76 Å². The highest BCUT2D eigenvalue weighted by Gasteiger charge is 2.17. The molecular weight excluding hydrogens is 284 g/mol.